The van der Waals surface area contributed by atoms with Crippen molar-refractivity contribution in [2.24, 2.45) is 0 Å². The Hall–Kier alpha value is -0.870. The highest BCUT2D eigenvalue weighted by molar-refractivity contribution is 7.98. The number of ether oxygens (including phenoxy) is 1. The lowest BCUT2D eigenvalue weighted by Crippen LogP contribution is -2.29. The first kappa shape index (κ1) is 15.2. The van der Waals surface area contributed by atoms with Crippen LogP contribution in [-0.2, 0) is 6.54 Å². The Morgan fingerprint density at radius 1 is 1.44 bits per heavy atom. The second-order valence-electron chi connectivity index (χ2n) is 4.62. The lowest BCUT2D eigenvalue weighted by atomic mass is 10.1. The van der Waals surface area contributed by atoms with E-state index in [2.05, 4.69) is 31.2 Å². The number of hydrogen-bond donors (Lipinski definition) is 1. The van der Waals surface area contributed by atoms with Crippen LogP contribution in [0.25, 0.3) is 0 Å². The van der Waals surface area contributed by atoms with Gasteiger partial charge in [-0.05, 0) is 50.1 Å². The summed E-state index contributed by atoms with van der Waals surface area (Å²) < 4.78 is 5.16. The normalized spacial score (nSPS) is 12.7. The predicted molar refractivity (Wildman–Crippen MR) is 81.3 cm³/mol. The number of rotatable bonds is 7. The maximum absolute atomic E-state index is 5.92. The average Bonchev–Trinajstić information content (AvgIpc) is 2.36. The fourth-order valence-corrected chi connectivity index (χ4v) is 2.41. The van der Waals surface area contributed by atoms with E-state index >= 15 is 0 Å². The second-order valence-corrected chi connectivity index (χ2v) is 5.61. The summed E-state index contributed by atoms with van der Waals surface area (Å²) >= 11 is 1.90. The summed E-state index contributed by atoms with van der Waals surface area (Å²) in [5, 5.41) is 0. The van der Waals surface area contributed by atoms with Crippen LogP contribution in [0.4, 0.5) is 5.69 Å². The van der Waals surface area contributed by atoms with Gasteiger partial charge in [0.05, 0.1) is 12.8 Å². The summed E-state index contributed by atoms with van der Waals surface area (Å²) in [6, 6.07) is 6.59. The maximum Gasteiger partial charge on any atom is 0.141 e. The Bertz CT molecular complexity index is 371. The van der Waals surface area contributed by atoms with Gasteiger partial charge in [-0.2, -0.15) is 11.8 Å². The Balaban J connectivity index is 2.58. The van der Waals surface area contributed by atoms with Crippen molar-refractivity contribution in [2.75, 3.05) is 31.9 Å². The molecule has 1 rings (SSSR count). The zero-order valence-electron chi connectivity index (χ0n) is 11.8. The van der Waals surface area contributed by atoms with Crippen molar-refractivity contribution in [1.82, 2.24) is 4.90 Å². The van der Waals surface area contributed by atoms with Crippen molar-refractivity contribution in [3.05, 3.63) is 23.8 Å². The molecule has 0 saturated carbocycles. The Morgan fingerprint density at radius 2 is 2.17 bits per heavy atom. The molecule has 0 spiro atoms. The fraction of sp³-hybridized carbons (Fsp3) is 0.571. The van der Waals surface area contributed by atoms with Crippen molar-refractivity contribution >= 4 is 17.4 Å². The minimum absolute atomic E-state index is 0.584. The highest BCUT2D eigenvalue weighted by atomic mass is 32.2. The number of anilines is 1. The molecule has 0 heterocycles. The molecule has 4 heteroatoms. The van der Waals surface area contributed by atoms with Gasteiger partial charge in [-0.15, -0.1) is 0 Å². The van der Waals surface area contributed by atoms with E-state index in [4.69, 9.17) is 10.5 Å². The van der Waals surface area contributed by atoms with Crippen LogP contribution in [0.1, 0.15) is 18.9 Å². The lowest BCUT2D eigenvalue weighted by molar-refractivity contribution is 0.245. The third-order valence-electron chi connectivity index (χ3n) is 3.22. The maximum atomic E-state index is 5.92. The minimum Gasteiger partial charge on any atom is -0.495 e. The molecule has 0 bridgehead atoms. The van der Waals surface area contributed by atoms with Crippen LogP contribution in [0.2, 0.25) is 0 Å². The van der Waals surface area contributed by atoms with Crippen LogP contribution in [-0.4, -0.2) is 37.1 Å². The van der Waals surface area contributed by atoms with E-state index in [1.54, 1.807) is 7.11 Å². The van der Waals surface area contributed by atoms with E-state index in [9.17, 15) is 0 Å². The highest BCUT2D eigenvalue weighted by Crippen LogP contribution is 2.23. The molecule has 102 valence electrons. The van der Waals surface area contributed by atoms with Crippen LogP contribution in [0.5, 0.6) is 5.75 Å². The zero-order chi connectivity index (χ0) is 13.5. The van der Waals surface area contributed by atoms with Crippen molar-refractivity contribution in [2.45, 2.75) is 25.9 Å². The van der Waals surface area contributed by atoms with E-state index in [0.29, 0.717) is 11.7 Å². The molecule has 0 fully saturated rings. The van der Waals surface area contributed by atoms with E-state index in [1.807, 2.05) is 23.9 Å². The van der Waals surface area contributed by atoms with Gasteiger partial charge >= 0.3 is 0 Å². The summed E-state index contributed by atoms with van der Waals surface area (Å²) in [4.78, 5) is 2.36. The number of thioether (sulfide) groups is 1. The van der Waals surface area contributed by atoms with Gasteiger partial charge < -0.3 is 10.5 Å². The number of nitrogens with two attached hydrogens (primary N) is 1. The van der Waals surface area contributed by atoms with Gasteiger partial charge in [-0.3, -0.25) is 4.90 Å². The SMILES string of the molecule is COc1ccc(CN(C)C(C)CCSC)cc1N. The van der Waals surface area contributed by atoms with Gasteiger partial charge in [-0.1, -0.05) is 6.07 Å². The highest BCUT2D eigenvalue weighted by Gasteiger charge is 2.10. The molecule has 0 saturated heterocycles. The molecule has 1 unspecified atom stereocenters. The van der Waals surface area contributed by atoms with Crippen LogP contribution in [0, 0.1) is 0 Å². The molecule has 18 heavy (non-hydrogen) atoms. The van der Waals surface area contributed by atoms with E-state index in [0.717, 1.165) is 12.3 Å². The van der Waals surface area contributed by atoms with E-state index in [1.165, 1.54) is 17.7 Å². The van der Waals surface area contributed by atoms with Crippen molar-refractivity contribution < 1.29 is 4.74 Å². The molecule has 1 aromatic rings. The van der Waals surface area contributed by atoms with Gasteiger partial charge in [0.1, 0.15) is 5.75 Å². The summed E-state index contributed by atoms with van der Waals surface area (Å²) in [6.45, 7) is 3.19. The molecule has 0 amide bonds. The van der Waals surface area contributed by atoms with Crippen molar-refractivity contribution in [3.63, 3.8) is 0 Å². The van der Waals surface area contributed by atoms with Crippen molar-refractivity contribution in [1.29, 1.82) is 0 Å². The summed E-state index contributed by atoms with van der Waals surface area (Å²) in [5.41, 5.74) is 7.85. The first-order valence-electron chi connectivity index (χ1n) is 6.20. The van der Waals surface area contributed by atoms with Crippen LogP contribution < -0.4 is 10.5 Å². The molecule has 0 radical (unpaired) electrons. The molecule has 0 aliphatic carbocycles. The summed E-state index contributed by atoms with van der Waals surface area (Å²) in [6.07, 6.45) is 3.36. The number of nitrogens with zero attached hydrogens (tertiary/aromatic N) is 1. The molecular formula is C14H24N2OS. The molecule has 3 nitrogen and oxygen atoms in total. The second kappa shape index (κ2) is 7.54. The van der Waals surface area contributed by atoms with Gasteiger partial charge in [0, 0.05) is 12.6 Å². The molecule has 1 atom stereocenters. The van der Waals surface area contributed by atoms with Gasteiger partial charge in [-0.25, -0.2) is 0 Å². The fourth-order valence-electron chi connectivity index (χ4n) is 1.83. The first-order chi connectivity index (χ1) is 8.58. The van der Waals surface area contributed by atoms with Crippen LogP contribution >= 0.6 is 11.8 Å². The number of nitrogen functional groups attached to an aromatic ring is 1. The number of benzene rings is 1. The van der Waals surface area contributed by atoms with E-state index < -0.39 is 0 Å². The lowest BCUT2D eigenvalue weighted by Gasteiger charge is -2.24. The van der Waals surface area contributed by atoms with Crippen LogP contribution in [0.15, 0.2) is 18.2 Å². The number of methoxy groups -OCH3 is 1. The Labute approximate surface area is 115 Å². The number of hydrogen-bond acceptors (Lipinski definition) is 4. The molecule has 0 aromatic heterocycles. The quantitative estimate of drug-likeness (QED) is 0.772. The van der Waals surface area contributed by atoms with Crippen LogP contribution in [0.3, 0.4) is 0 Å². The third-order valence-corrected chi connectivity index (χ3v) is 3.86. The Morgan fingerprint density at radius 3 is 2.72 bits per heavy atom. The predicted octanol–water partition coefficient (Wildman–Crippen LogP) is 2.85. The molecule has 0 aliphatic heterocycles. The molecule has 0 aliphatic rings. The first-order valence-corrected chi connectivity index (χ1v) is 7.59. The average molecular weight is 268 g/mol. The summed E-state index contributed by atoms with van der Waals surface area (Å²) in [5.74, 6) is 1.95. The zero-order valence-corrected chi connectivity index (χ0v) is 12.6. The van der Waals surface area contributed by atoms with Gasteiger partial charge in [0.15, 0.2) is 0 Å². The summed E-state index contributed by atoms with van der Waals surface area (Å²) in [7, 11) is 3.80. The minimum atomic E-state index is 0.584. The smallest absolute Gasteiger partial charge is 0.141 e. The van der Waals surface area contributed by atoms with Gasteiger partial charge in [0.25, 0.3) is 0 Å². The largest absolute Gasteiger partial charge is 0.495 e. The molecule has 1 aromatic carbocycles. The van der Waals surface area contributed by atoms with E-state index in [-0.39, 0.29) is 0 Å². The van der Waals surface area contributed by atoms with Gasteiger partial charge in [0.2, 0.25) is 0 Å². The topological polar surface area (TPSA) is 38.5 Å². The third kappa shape index (κ3) is 4.42. The Kier molecular flexibility index (Phi) is 6.36. The molecule has 2 N–H and O–H groups in total. The monoisotopic (exact) mass is 268 g/mol. The standard InChI is InChI=1S/C14H24N2OS/c1-11(7-8-18-4)16(2)10-12-5-6-14(17-3)13(15)9-12/h5-6,9,11H,7-8,10,15H2,1-4H3. The molecular weight excluding hydrogens is 244 g/mol. The van der Waals surface area contributed by atoms with Crippen molar-refractivity contribution in [3.8, 4) is 5.75 Å².